The second-order valence-corrected chi connectivity index (χ2v) is 3.53. The lowest BCUT2D eigenvalue weighted by Gasteiger charge is -2.00. The first-order valence-electron chi connectivity index (χ1n) is 5.23. The van der Waals surface area contributed by atoms with Gasteiger partial charge < -0.3 is 0 Å². The van der Waals surface area contributed by atoms with Gasteiger partial charge >= 0.3 is 0 Å². The Morgan fingerprint density at radius 1 is 1.29 bits per heavy atom. The summed E-state index contributed by atoms with van der Waals surface area (Å²) < 4.78 is 0. The third-order valence-electron chi connectivity index (χ3n) is 2.21. The lowest BCUT2D eigenvalue weighted by molar-refractivity contribution is -0.118. The highest BCUT2D eigenvalue weighted by Crippen LogP contribution is 2.04. The smallest absolute Gasteiger partial charge is 0.137 e. The minimum absolute atomic E-state index is 0.338. The summed E-state index contributed by atoms with van der Waals surface area (Å²) in [5.41, 5.74) is 1.07. The zero-order chi connectivity index (χ0) is 10.2. The zero-order valence-electron chi connectivity index (χ0n) is 8.70. The Labute approximate surface area is 85.4 Å². The molecular formula is C12H17NO. The summed E-state index contributed by atoms with van der Waals surface area (Å²) in [7, 11) is 0. The number of rotatable bonds is 6. The molecule has 2 nitrogen and oxygen atoms in total. The summed E-state index contributed by atoms with van der Waals surface area (Å²) >= 11 is 0. The van der Waals surface area contributed by atoms with E-state index >= 15 is 0 Å². The minimum atomic E-state index is 0.338. The largest absolute Gasteiger partial charge is 0.299 e. The monoisotopic (exact) mass is 191 g/mol. The molecule has 0 radical (unpaired) electrons. The molecule has 0 amide bonds. The van der Waals surface area contributed by atoms with E-state index in [0.717, 1.165) is 24.8 Å². The molecule has 0 aliphatic heterocycles. The van der Waals surface area contributed by atoms with Crippen molar-refractivity contribution in [1.29, 1.82) is 0 Å². The van der Waals surface area contributed by atoms with Gasteiger partial charge in [0.2, 0.25) is 0 Å². The van der Waals surface area contributed by atoms with E-state index < -0.39 is 0 Å². The number of carbonyl (C=O) groups excluding carboxylic acids is 1. The van der Waals surface area contributed by atoms with Gasteiger partial charge in [0.15, 0.2) is 0 Å². The maximum Gasteiger partial charge on any atom is 0.137 e. The third-order valence-corrected chi connectivity index (χ3v) is 2.21. The van der Waals surface area contributed by atoms with E-state index in [4.69, 9.17) is 0 Å². The first-order valence-corrected chi connectivity index (χ1v) is 5.23. The van der Waals surface area contributed by atoms with Crippen molar-refractivity contribution < 1.29 is 4.79 Å². The molecule has 1 aromatic rings. The standard InChI is InChI=1S/C12H17NO/c1-2-3-4-5-12(14)10-11-6-8-13-9-7-11/h6-9H,2-5,10H2,1H3. The van der Waals surface area contributed by atoms with Crippen molar-refractivity contribution in [2.24, 2.45) is 0 Å². The SMILES string of the molecule is CCCCCC(=O)Cc1ccncc1. The molecule has 2 heteroatoms. The van der Waals surface area contributed by atoms with Gasteiger partial charge in [-0.2, -0.15) is 0 Å². The zero-order valence-corrected chi connectivity index (χ0v) is 8.70. The molecule has 0 unspecified atom stereocenters. The third kappa shape index (κ3) is 4.17. The molecule has 0 saturated carbocycles. The fourth-order valence-electron chi connectivity index (χ4n) is 1.39. The Morgan fingerprint density at radius 2 is 2.00 bits per heavy atom. The van der Waals surface area contributed by atoms with Crippen LogP contribution in [-0.2, 0) is 11.2 Å². The molecule has 0 spiro atoms. The van der Waals surface area contributed by atoms with E-state index in [1.807, 2.05) is 12.1 Å². The average molecular weight is 191 g/mol. The lowest BCUT2D eigenvalue weighted by Crippen LogP contribution is -2.02. The second kappa shape index (κ2) is 6.30. The van der Waals surface area contributed by atoms with Crippen molar-refractivity contribution in [3.63, 3.8) is 0 Å². The molecule has 1 rings (SSSR count). The van der Waals surface area contributed by atoms with E-state index in [9.17, 15) is 4.79 Å². The second-order valence-electron chi connectivity index (χ2n) is 3.53. The van der Waals surface area contributed by atoms with Gasteiger partial charge in [-0.15, -0.1) is 0 Å². The van der Waals surface area contributed by atoms with Gasteiger partial charge in [0.05, 0.1) is 0 Å². The number of hydrogen-bond acceptors (Lipinski definition) is 2. The Kier molecular flexibility index (Phi) is 4.90. The fourth-order valence-corrected chi connectivity index (χ4v) is 1.39. The Bertz CT molecular complexity index is 269. The fraction of sp³-hybridized carbons (Fsp3) is 0.500. The number of ketones is 1. The van der Waals surface area contributed by atoms with Crippen LogP contribution in [0.2, 0.25) is 0 Å². The van der Waals surface area contributed by atoms with Crippen molar-refractivity contribution >= 4 is 5.78 Å². The highest BCUT2D eigenvalue weighted by Gasteiger charge is 2.02. The molecule has 0 saturated heterocycles. The Hall–Kier alpha value is -1.18. The van der Waals surface area contributed by atoms with E-state index in [0.29, 0.717) is 12.2 Å². The molecule has 76 valence electrons. The lowest BCUT2D eigenvalue weighted by atomic mass is 10.1. The molecule has 0 aromatic carbocycles. The maximum atomic E-state index is 11.5. The molecule has 1 heterocycles. The number of carbonyl (C=O) groups is 1. The number of Topliss-reactive ketones (excluding diaryl/α,β-unsaturated/α-hetero) is 1. The minimum Gasteiger partial charge on any atom is -0.299 e. The van der Waals surface area contributed by atoms with Crippen LogP contribution < -0.4 is 0 Å². The van der Waals surface area contributed by atoms with Crippen LogP contribution in [0.25, 0.3) is 0 Å². The summed E-state index contributed by atoms with van der Waals surface area (Å²) in [6.45, 7) is 2.15. The van der Waals surface area contributed by atoms with Crippen LogP contribution >= 0.6 is 0 Å². The number of nitrogens with zero attached hydrogens (tertiary/aromatic N) is 1. The van der Waals surface area contributed by atoms with Crippen LogP contribution in [0, 0.1) is 0 Å². The van der Waals surface area contributed by atoms with Crippen LogP contribution in [0.4, 0.5) is 0 Å². The summed E-state index contributed by atoms with van der Waals surface area (Å²) in [6.07, 6.45) is 8.09. The maximum absolute atomic E-state index is 11.5. The van der Waals surface area contributed by atoms with Gasteiger partial charge in [0.25, 0.3) is 0 Å². The predicted octanol–water partition coefficient (Wildman–Crippen LogP) is 2.77. The summed E-state index contributed by atoms with van der Waals surface area (Å²) in [4.78, 5) is 15.4. The van der Waals surface area contributed by atoms with Crippen molar-refractivity contribution in [1.82, 2.24) is 4.98 Å². The first-order chi connectivity index (χ1) is 6.83. The highest BCUT2D eigenvalue weighted by molar-refractivity contribution is 5.80. The van der Waals surface area contributed by atoms with Gasteiger partial charge in [-0.25, -0.2) is 0 Å². The number of hydrogen-bond donors (Lipinski definition) is 0. The normalized spacial score (nSPS) is 10.1. The molecule has 0 aliphatic carbocycles. The predicted molar refractivity (Wildman–Crippen MR) is 57.1 cm³/mol. The van der Waals surface area contributed by atoms with Gasteiger partial charge in [-0.05, 0) is 24.1 Å². The molecule has 1 aromatic heterocycles. The number of aromatic nitrogens is 1. The molecular weight excluding hydrogens is 174 g/mol. The summed E-state index contributed by atoms with van der Waals surface area (Å²) in [5, 5.41) is 0. The van der Waals surface area contributed by atoms with Crippen molar-refractivity contribution in [3.05, 3.63) is 30.1 Å². The number of unbranched alkanes of at least 4 members (excludes halogenated alkanes) is 2. The van der Waals surface area contributed by atoms with Crippen LogP contribution in [-0.4, -0.2) is 10.8 Å². The van der Waals surface area contributed by atoms with E-state index in [-0.39, 0.29) is 0 Å². The van der Waals surface area contributed by atoms with Crippen LogP contribution in [0.5, 0.6) is 0 Å². The van der Waals surface area contributed by atoms with E-state index in [1.54, 1.807) is 12.4 Å². The molecule has 14 heavy (non-hydrogen) atoms. The molecule has 0 fully saturated rings. The molecule has 0 aliphatic rings. The van der Waals surface area contributed by atoms with Gasteiger partial charge in [0, 0.05) is 25.2 Å². The van der Waals surface area contributed by atoms with Crippen molar-refractivity contribution in [2.75, 3.05) is 0 Å². The molecule has 0 bridgehead atoms. The van der Waals surface area contributed by atoms with E-state index in [1.165, 1.54) is 6.42 Å². The molecule has 0 atom stereocenters. The molecule has 0 N–H and O–H groups in total. The Balaban J connectivity index is 2.27. The van der Waals surface area contributed by atoms with Gasteiger partial charge in [-0.1, -0.05) is 19.8 Å². The quantitative estimate of drug-likeness (QED) is 0.647. The summed E-state index contributed by atoms with van der Waals surface area (Å²) in [5.74, 6) is 0.338. The summed E-state index contributed by atoms with van der Waals surface area (Å²) in [6, 6.07) is 3.80. The van der Waals surface area contributed by atoms with Crippen molar-refractivity contribution in [3.8, 4) is 0 Å². The average Bonchev–Trinajstić information content (AvgIpc) is 2.20. The van der Waals surface area contributed by atoms with Crippen LogP contribution in [0.3, 0.4) is 0 Å². The van der Waals surface area contributed by atoms with Crippen LogP contribution in [0.1, 0.15) is 38.2 Å². The number of pyridine rings is 1. The van der Waals surface area contributed by atoms with Gasteiger partial charge in [0.1, 0.15) is 5.78 Å². The Morgan fingerprint density at radius 3 is 2.64 bits per heavy atom. The van der Waals surface area contributed by atoms with Crippen molar-refractivity contribution in [2.45, 2.75) is 39.0 Å². The van der Waals surface area contributed by atoms with Crippen LogP contribution in [0.15, 0.2) is 24.5 Å². The van der Waals surface area contributed by atoms with Gasteiger partial charge in [-0.3, -0.25) is 9.78 Å². The topological polar surface area (TPSA) is 30.0 Å². The highest BCUT2D eigenvalue weighted by atomic mass is 16.1. The first kappa shape index (κ1) is 10.9. The van der Waals surface area contributed by atoms with E-state index in [2.05, 4.69) is 11.9 Å².